The maximum atomic E-state index is 11.9. The van der Waals surface area contributed by atoms with E-state index in [4.69, 9.17) is 11.6 Å². The molecule has 0 saturated heterocycles. The average Bonchev–Trinajstić information content (AvgIpc) is 2.92. The number of amides is 2. The Morgan fingerprint density at radius 1 is 1.16 bits per heavy atom. The van der Waals surface area contributed by atoms with Gasteiger partial charge in [0.05, 0.1) is 11.0 Å². The lowest BCUT2D eigenvalue weighted by molar-refractivity contribution is 0.240. The number of aryl methyl sites for hydroxylation is 2. The number of benzene rings is 2. The van der Waals surface area contributed by atoms with E-state index in [-0.39, 0.29) is 6.03 Å². The summed E-state index contributed by atoms with van der Waals surface area (Å²) in [6, 6.07) is 15.4. The molecule has 3 aromatic rings. The molecule has 0 fully saturated rings. The summed E-state index contributed by atoms with van der Waals surface area (Å²) in [7, 11) is 0. The molecule has 0 bridgehead atoms. The van der Waals surface area contributed by atoms with Crippen molar-refractivity contribution in [1.29, 1.82) is 0 Å². The van der Waals surface area contributed by atoms with Gasteiger partial charge in [-0.15, -0.1) is 0 Å². The number of aromatic nitrogens is 2. The topological polar surface area (TPSA) is 59.0 Å². The third-order valence-corrected chi connectivity index (χ3v) is 4.27. The Bertz CT molecular complexity index is 875. The van der Waals surface area contributed by atoms with Crippen LogP contribution in [-0.2, 0) is 13.1 Å². The fourth-order valence-electron chi connectivity index (χ4n) is 2.81. The third kappa shape index (κ3) is 4.51. The zero-order chi connectivity index (χ0) is 17.6. The molecule has 0 radical (unpaired) electrons. The van der Waals surface area contributed by atoms with Gasteiger partial charge in [0.15, 0.2) is 0 Å². The van der Waals surface area contributed by atoms with E-state index in [0.29, 0.717) is 18.1 Å². The molecular formula is C19H21ClN4O. The summed E-state index contributed by atoms with van der Waals surface area (Å²) in [6.07, 6.45) is 0.839. The Morgan fingerprint density at radius 3 is 2.84 bits per heavy atom. The van der Waals surface area contributed by atoms with Gasteiger partial charge in [0.25, 0.3) is 0 Å². The van der Waals surface area contributed by atoms with Crippen LogP contribution in [0, 0.1) is 6.92 Å². The Hall–Kier alpha value is -2.53. The van der Waals surface area contributed by atoms with Crippen LogP contribution in [0.5, 0.6) is 0 Å². The lowest BCUT2D eigenvalue weighted by Crippen LogP contribution is -2.35. The molecule has 2 N–H and O–H groups in total. The molecule has 2 aromatic carbocycles. The van der Waals surface area contributed by atoms with Gasteiger partial charge < -0.3 is 15.2 Å². The van der Waals surface area contributed by atoms with Crippen LogP contribution < -0.4 is 10.6 Å². The Balaban J connectivity index is 1.43. The van der Waals surface area contributed by atoms with E-state index >= 15 is 0 Å². The number of nitrogens with zero attached hydrogens (tertiary/aromatic N) is 2. The molecule has 5 nitrogen and oxygen atoms in total. The molecule has 0 aliphatic heterocycles. The highest BCUT2D eigenvalue weighted by molar-refractivity contribution is 6.30. The van der Waals surface area contributed by atoms with Gasteiger partial charge in [-0.05, 0) is 43.2 Å². The lowest BCUT2D eigenvalue weighted by atomic mass is 10.2. The van der Waals surface area contributed by atoms with E-state index in [2.05, 4.69) is 26.3 Å². The number of halogens is 1. The van der Waals surface area contributed by atoms with Crippen molar-refractivity contribution in [3.8, 4) is 0 Å². The minimum Gasteiger partial charge on any atom is -0.338 e. The van der Waals surface area contributed by atoms with Crippen LogP contribution >= 0.6 is 11.6 Å². The summed E-state index contributed by atoms with van der Waals surface area (Å²) in [6.45, 7) is 3.89. The maximum Gasteiger partial charge on any atom is 0.315 e. The summed E-state index contributed by atoms with van der Waals surface area (Å²) < 4.78 is 2.18. The van der Waals surface area contributed by atoms with Crippen molar-refractivity contribution < 1.29 is 4.79 Å². The first-order chi connectivity index (χ1) is 12.1. The van der Waals surface area contributed by atoms with Crippen molar-refractivity contribution in [1.82, 2.24) is 20.2 Å². The van der Waals surface area contributed by atoms with Gasteiger partial charge >= 0.3 is 6.03 Å². The molecule has 0 spiro atoms. The standard InChI is InChI=1S/C19H21ClN4O/c1-14-23-17-8-2-3-9-18(17)24(14)11-5-10-21-19(25)22-13-15-6-4-7-16(20)12-15/h2-4,6-9,12H,5,10-11,13H2,1H3,(H2,21,22,25). The number of fused-ring (bicyclic) bond motifs is 1. The molecule has 6 heteroatoms. The van der Waals surface area contributed by atoms with Gasteiger partial charge in [-0.3, -0.25) is 0 Å². The molecule has 1 heterocycles. The summed E-state index contributed by atoms with van der Waals surface area (Å²) in [5.74, 6) is 0.992. The molecule has 0 saturated carbocycles. The highest BCUT2D eigenvalue weighted by atomic mass is 35.5. The summed E-state index contributed by atoms with van der Waals surface area (Å²) >= 11 is 5.93. The first-order valence-corrected chi connectivity index (χ1v) is 8.69. The highest BCUT2D eigenvalue weighted by Gasteiger charge is 2.06. The van der Waals surface area contributed by atoms with E-state index in [1.54, 1.807) is 0 Å². The first-order valence-electron chi connectivity index (χ1n) is 8.31. The average molecular weight is 357 g/mol. The number of urea groups is 1. The summed E-state index contributed by atoms with van der Waals surface area (Å²) in [5.41, 5.74) is 3.11. The van der Waals surface area contributed by atoms with Crippen molar-refractivity contribution in [2.24, 2.45) is 0 Å². The van der Waals surface area contributed by atoms with Gasteiger partial charge in [0.2, 0.25) is 0 Å². The number of hydrogen-bond acceptors (Lipinski definition) is 2. The summed E-state index contributed by atoms with van der Waals surface area (Å²) in [4.78, 5) is 16.4. The van der Waals surface area contributed by atoms with Gasteiger partial charge in [-0.2, -0.15) is 0 Å². The van der Waals surface area contributed by atoms with E-state index in [1.165, 1.54) is 0 Å². The van der Waals surface area contributed by atoms with Gasteiger partial charge in [-0.25, -0.2) is 9.78 Å². The molecule has 0 aliphatic rings. The molecule has 1 aromatic heterocycles. The van der Waals surface area contributed by atoms with Crippen molar-refractivity contribution >= 4 is 28.7 Å². The van der Waals surface area contributed by atoms with Crippen molar-refractivity contribution in [2.75, 3.05) is 6.54 Å². The fraction of sp³-hybridized carbons (Fsp3) is 0.263. The van der Waals surface area contributed by atoms with Crippen LogP contribution in [0.1, 0.15) is 17.8 Å². The maximum absolute atomic E-state index is 11.9. The monoisotopic (exact) mass is 356 g/mol. The second kappa shape index (κ2) is 8.03. The number of nitrogens with one attached hydrogen (secondary N) is 2. The zero-order valence-electron chi connectivity index (χ0n) is 14.1. The van der Waals surface area contributed by atoms with E-state index < -0.39 is 0 Å². The molecular weight excluding hydrogens is 336 g/mol. The minimum absolute atomic E-state index is 0.174. The number of hydrogen-bond donors (Lipinski definition) is 2. The van der Waals surface area contributed by atoms with Crippen LogP contribution in [-0.4, -0.2) is 22.1 Å². The molecule has 0 atom stereocenters. The first kappa shape index (κ1) is 17.3. The molecule has 3 rings (SSSR count). The number of carbonyl (C=O) groups excluding carboxylic acids is 1. The van der Waals surface area contributed by atoms with Gasteiger partial charge in [-0.1, -0.05) is 35.9 Å². The molecule has 0 aliphatic carbocycles. The molecule has 25 heavy (non-hydrogen) atoms. The zero-order valence-corrected chi connectivity index (χ0v) is 14.9. The fourth-order valence-corrected chi connectivity index (χ4v) is 3.02. The number of para-hydroxylation sites is 2. The predicted molar refractivity (Wildman–Crippen MR) is 101 cm³/mol. The van der Waals surface area contributed by atoms with Crippen LogP contribution in [0.4, 0.5) is 4.79 Å². The number of carbonyl (C=O) groups is 1. The van der Waals surface area contributed by atoms with Crippen LogP contribution in [0.25, 0.3) is 11.0 Å². The Labute approximate surface area is 152 Å². The Morgan fingerprint density at radius 2 is 2.00 bits per heavy atom. The molecule has 0 unspecified atom stereocenters. The van der Waals surface area contributed by atoms with Crippen LogP contribution in [0.2, 0.25) is 5.02 Å². The summed E-state index contributed by atoms with van der Waals surface area (Å²) in [5, 5.41) is 6.38. The lowest BCUT2D eigenvalue weighted by Gasteiger charge is -2.09. The predicted octanol–water partition coefficient (Wildman–Crippen LogP) is 3.89. The van der Waals surface area contributed by atoms with Crippen LogP contribution in [0.3, 0.4) is 0 Å². The smallest absolute Gasteiger partial charge is 0.315 e. The third-order valence-electron chi connectivity index (χ3n) is 4.03. The molecule has 2 amide bonds. The van der Waals surface area contributed by atoms with Crippen molar-refractivity contribution in [3.05, 3.63) is 64.9 Å². The van der Waals surface area contributed by atoms with Gasteiger partial charge in [0.1, 0.15) is 5.82 Å². The number of imidazole rings is 1. The highest BCUT2D eigenvalue weighted by Crippen LogP contribution is 2.15. The normalized spacial score (nSPS) is 10.8. The van der Waals surface area contributed by atoms with E-state index in [0.717, 1.165) is 35.4 Å². The minimum atomic E-state index is -0.174. The second-order valence-corrected chi connectivity index (χ2v) is 6.33. The van der Waals surface area contributed by atoms with Gasteiger partial charge in [0, 0.05) is 24.7 Å². The SMILES string of the molecule is Cc1nc2ccccc2n1CCCNC(=O)NCc1cccc(Cl)c1. The number of rotatable bonds is 6. The van der Waals surface area contributed by atoms with E-state index in [1.807, 2.05) is 49.4 Å². The molecule has 130 valence electrons. The van der Waals surface area contributed by atoms with E-state index in [9.17, 15) is 4.79 Å². The Kier molecular flexibility index (Phi) is 5.56. The second-order valence-electron chi connectivity index (χ2n) is 5.89. The van der Waals surface area contributed by atoms with Crippen molar-refractivity contribution in [2.45, 2.75) is 26.4 Å². The van der Waals surface area contributed by atoms with Crippen molar-refractivity contribution in [3.63, 3.8) is 0 Å². The largest absolute Gasteiger partial charge is 0.338 e. The quantitative estimate of drug-likeness (QED) is 0.658. The van der Waals surface area contributed by atoms with Crippen LogP contribution in [0.15, 0.2) is 48.5 Å².